The van der Waals surface area contributed by atoms with E-state index in [1.165, 1.54) is 11.3 Å². The van der Waals surface area contributed by atoms with Crippen molar-refractivity contribution in [3.05, 3.63) is 56.5 Å². The van der Waals surface area contributed by atoms with Gasteiger partial charge in [0.2, 0.25) is 11.7 Å². The maximum atomic E-state index is 12.3. The normalized spacial score (nSPS) is 14.7. The zero-order chi connectivity index (χ0) is 16.7. The van der Waals surface area contributed by atoms with Crippen LogP contribution in [0.4, 0.5) is 0 Å². The third-order valence-electron chi connectivity index (χ3n) is 3.83. The third kappa shape index (κ3) is 2.92. The summed E-state index contributed by atoms with van der Waals surface area (Å²) in [5, 5.41) is 4.62. The molecule has 0 N–H and O–H groups in total. The van der Waals surface area contributed by atoms with Crippen molar-refractivity contribution in [2.24, 2.45) is 0 Å². The van der Waals surface area contributed by atoms with Gasteiger partial charge in [-0.2, -0.15) is 4.98 Å². The number of likely N-dealkylation sites (tertiary alicyclic amines) is 1. The molecule has 2 aromatic heterocycles. The fourth-order valence-corrected chi connectivity index (χ4v) is 3.73. The van der Waals surface area contributed by atoms with Gasteiger partial charge in [-0.1, -0.05) is 40.5 Å². The molecular formula is C16H11Cl2N3O2S. The predicted molar refractivity (Wildman–Crippen MR) is 92.7 cm³/mol. The number of hydrogen-bond donors (Lipinski definition) is 0. The Morgan fingerprint density at radius 1 is 1.25 bits per heavy atom. The monoisotopic (exact) mass is 379 g/mol. The lowest BCUT2D eigenvalue weighted by molar-refractivity contribution is 0.0574. The van der Waals surface area contributed by atoms with Gasteiger partial charge in [0.1, 0.15) is 0 Å². The molecule has 24 heavy (non-hydrogen) atoms. The SMILES string of the molecule is O=C(c1ccc(Cl)s1)N1CC(c2nc(-c3cccc(Cl)c3)no2)C1. The first-order chi connectivity index (χ1) is 11.6. The second-order valence-corrected chi connectivity index (χ2v) is 7.63. The van der Waals surface area contributed by atoms with Gasteiger partial charge in [0, 0.05) is 23.7 Å². The van der Waals surface area contributed by atoms with Crippen molar-refractivity contribution in [2.75, 3.05) is 13.1 Å². The van der Waals surface area contributed by atoms with Gasteiger partial charge in [0.05, 0.1) is 15.1 Å². The highest BCUT2D eigenvalue weighted by atomic mass is 35.5. The van der Waals surface area contributed by atoms with Crippen molar-refractivity contribution in [2.45, 2.75) is 5.92 Å². The second-order valence-electron chi connectivity index (χ2n) is 5.48. The second kappa shape index (κ2) is 6.20. The van der Waals surface area contributed by atoms with Gasteiger partial charge in [0.25, 0.3) is 5.91 Å². The standard InChI is InChI=1S/C16H11Cl2N3O2S/c17-11-3-1-2-9(6-11)14-19-15(23-20-14)10-7-21(8-10)16(22)12-4-5-13(18)24-12/h1-6,10H,7-8H2. The molecule has 3 heterocycles. The highest BCUT2D eigenvalue weighted by Gasteiger charge is 2.36. The van der Waals surface area contributed by atoms with E-state index in [2.05, 4.69) is 10.1 Å². The fraction of sp³-hybridized carbons (Fsp3) is 0.188. The van der Waals surface area contributed by atoms with Crippen LogP contribution < -0.4 is 0 Å². The van der Waals surface area contributed by atoms with Crippen molar-refractivity contribution < 1.29 is 9.32 Å². The summed E-state index contributed by atoms with van der Waals surface area (Å²) in [6, 6.07) is 10.8. The van der Waals surface area contributed by atoms with E-state index in [9.17, 15) is 4.79 Å². The minimum atomic E-state index is -0.0160. The minimum Gasteiger partial charge on any atom is -0.339 e. The van der Waals surface area contributed by atoms with Gasteiger partial charge in [-0.3, -0.25) is 4.79 Å². The van der Waals surface area contributed by atoms with E-state index in [1.54, 1.807) is 29.2 Å². The maximum absolute atomic E-state index is 12.3. The number of hydrogen-bond acceptors (Lipinski definition) is 5. The van der Waals surface area contributed by atoms with Crippen LogP contribution in [0.1, 0.15) is 21.5 Å². The Morgan fingerprint density at radius 3 is 2.79 bits per heavy atom. The van der Waals surface area contributed by atoms with Crippen LogP contribution in [-0.4, -0.2) is 34.0 Å². The number of aromatic nitrogens is 2. The molecule has 8 heteroatoms. The number of nitrogens with zero attached hydrogens (tertiary/aromatic N) is 3. The van der Waals surface area contributed by atoms with E-state index < -0.39 is 0 Å². The predicted octanol–water partition coefficient (Wildman–Crippen LogP) is 4.34. The summed E-state index contributed by atoms with van der Waals surface area (Å²) in [5.74, 6) is 1.09. The summed E-state index contributed by atoms with van der Waals surface area (Å²) in [6.07, 6.45) is 0. The van der Waals surface area contributed by atoms with Crippen LogP contribution in [0.5, 0.6) is 0 Å². The average molecular weight is 380 g/mol. The van der Waals surface area contributed by atoms with Crippen LogP contribution in [0.25, 0.3) is 11.4 Å². The molecule has 0 spiro atoms. The number of amides is 1. The Kier molecular flexibility index (Phi) is 4.04. The maximum Gasteiger partial charge on any atom is 0.264 e. The lowest BCUT2D eigenvalue weighted by atomic mass is 10.00. The van der Waals surface area contributed by atoms with E-state index in [0.717, 1.165) is 5.56 Å². The highest BCUT2D eigenvalue weighted by Crippen LogP contribution is 2.31. The van der Waals surface area contributed by atoms with Crippen molar-refractivity contribution in [1.82, 2.24) is 15.0 Å². The Labute approximate surface area is 151 Å². The molecule has 0 bridgehead atoms. The summed E-state index contributed by atoms with van der Waals surface area (Å²) in [7, 11) is 0. The Morgan fingerprint density at radius 2 is 2.08 bits per heavy atom. The van der Waals surface area contributed by atoms with Crippen LogP contribution in [0.2, 0.25) is 9.36 Å². The molecule has 0 atom stereocenters. The van der Waals surface area contributed by atoms with Crippen LogP contribution >= 0.6 is 34.5 Å². The first-order valence-corrected chi connectivity index (χ1v) is 8.81. The smallest absolute Gasteiger partial charge is 0.264 e. The first-order valence-electron chi connectivity index (χ1n) is 7.24. The van der Waals surface area contributed by atoms with E-state index in [0.29, 0.717) is 39.0 Å². The lowest BCUT2D eigenvalue weighted by Crippen LogP contribution is -2.48. The number of halogens is 2. The number of benzene rings is 1. The molecule has 0 aliphatic carbocycles. The Bertz CT molecular complexity index is 902. The largest absolute Gasteiger partial charge is 0.339 e. The molecule has 0 unspecified atom stereocenters. The zero-order valence-corrected chi connectivity index (χ0v) is 14.6. The summed E-state index contributed by atoms with van der Waals surface area (Å²) < 4.78 is 5.95. The topological polar surface area (TPSA) is 59.2 Å². The number of carbonyl (C=O) groups is 1. The molecule has 3 aromatic rings. The van der Waals surface area contributed by atoms with Gasteiger partial charge in [-0.15, -0.1) is 11.3 Å². The summed E-state index contributed by atoms with van der Waals surface area (Å²) >= 11 is 13.1. The minimum absolute atomic E-state index is 0.0160. The van der Waals surface area contributed by atoms with Crippen molar-refractivity contribution in [3.63, 3.8) is 0 Å². The first kappa shape index (κ1) is 15.6. The van der Waals surface area contributed by atoms with Gasteiger partial charge >= 0.3 is 0 Å². The van der Waals surface area contributed by atoms with Gasteiger partial charge in [-0.05, 0) is 24.3 Å². The lowest BCUT2D eigenvalue weighted by Gasteiger charge is -2.36. The van der Waals surface area contributed by atoms with E-state index in [1.807, 2.05) is 12.1 Å². The molecule has 1 aliphatic rings. The molecule has 1 amide bonds. The van der Waals surface area contributed by atoms with E-state index in [-0.39, 0.29) is 11.8 Å². The summed E-state index contributed by atoms with van der Waals surface area (Å²) in [4.78, 5) is 19.1. The Hall–Kier alpha value is -1.89. The molecular weight excluding hydrogens is 369 g/mol. The van der Waals surface area contributed by atoms with E-state index in [4.69, 9.17) is 27.7 Å². The molecule has 5 nitrogen and oxygen atoms in total. The Balaban J connectivity index is 1.43. The molecule has 122 valence electrons. The molecule has 1 aliphatic heterocycles. The average Bonchev–Trinajstić information content (AvgIpc) is 3.15. The van der Waals surface area contributed by atoms with Crippen molar-refractivity contribution >= 4 is 40.4 Å². The number of carbonyl (C=O) groups excluding carboxylic acids is 1. The van der Waals surface area contributed by atoms with Crippen LogP contribution in [0.3, 0.4) is 0 Å². The van der Waals surface area contributed by atoms with Gasteiger partial charge in [-0.25, -0.2) is 0 Å². The molecule has 1 aromatic carbocycles. The molecule has 0 radical (unpaired) electrons. The number of rotatable bonds is 3. The summed E-state index contributed by atoms with van der Waals surface area (Å²) in [5.41, 5.74) is 0.804. The number of thiophene rings is 1. The van der Waals surface area contributed by atoms with Crippen LogP contribution in [-0.2, 0) is 0 Å². The van der Waals surface area contributed by atoms with E-state index >= 15 is 0 Å². The third-order valence-corrected chi connectivity index (χ3v) is 5.28. The zero-order valence-electron chi connectivity index (χ0n) is 12.3. The highest BCUT2D eigenvalue weighted by molar-refractivity contribution is 7.17. The van der Waals surface area contributed by atoms with Gasteiger partial charge < -0.3 is 9.42 Å². The quantitative estimate of drug-likeness (QED) is 0.678. The summed E-state index contributed by atoms with van der Waals surface area (Å²) in [6.45, 7) is 1.12. The van der Waals surface area contributed by atoms with Crippen LogP contribution in [0, 0.1) is 0 Å². The fourth-order valence-electron chi connectivity index (χ4n) is 2.53. The van der Waals surface area contributed by atoms with Crippen LogP contribution in [0.15, 0.2) is 40.9 Å². The van der Waals surface area contributed by atoms with Crippen molar-refractivity contribution in [1.29, 1.82) is 0 Å². The molecule has 0 saturated carbocycles. The molecule has 1 fully saturated rings. The van der Waals surface area contributed by atoms with Gasteiger partial charge in [0.15, 0.2) is 0 Å². The molecule has 1 saturated heterocycles. The van der Waals surface area contributed by atoms with Crippen molar-refractivity contribution in [3.8, 4) is 11.4 Å². The molecule has 4 rings (SSSR count).